The molecule has 0 radical (unpaired) electrons. The van der Waals surface area contributed by atoms with Crippen molar-refractivity contribution in [2.75, 3.05) is 29.9 Å². The predicted molar refractivity (Wildman–Crippen MR) is 125 cm³/mol. The van der Waals surface area contributed by atoms with E-state index in [9.17, 15) is 4.79 Å². The quantitative estimate of drug-likeness (QED) is 0.663. The Morgan fingerprint density at radius 1 is 0.968 bits per heavy atom. The van der Waals surface area contributed by atoms with Crippen LogP contribution < -0.4 is 10.2 Å². The minimum atomic E-state index is -0.0434. The fraction of sp³-hybridized carbons (Fsp3) is 0.320. The summed E-state index contributed by atoms with van der Waals surface area (Å²) in [5.41, 5.74) is 3.84. The van der Waals surface area contributed by atoms with Gasteiger partial charge in [-0.25, -0.2) is 4.79 Å². The SMILES string of the molecule is Cc1ccccc1NC(=O)N1CCN(c2ccc(-c3ccccc3)nn2)CC1C(C)C. The third kappa shape index (κ3) is 4.68. The zero-order chi connectivity index (χ0) is 21.8. The van der Waals surface area contributed by atoms with Crippen LogP contribution in [0.5, 0.6) is 0 Å². The number of aromatic nitrogens is 2. The highest BCUT2D eigenvalue weighted by atomic mass is 16.2. The van der Waals surface area contributed by atoms with E-state index in [0.717, 1.165) is 41.4 Å². The standard InChI is InChI=1S/C25H29N5O/c1-18(2)23-17-29(24-14-13-22(27-28-24)20-10-5-4-6-11-20)15-16-30(23)25(31)26-21-12-8-7-9-19(21)3/h4-14,18,23H,15-17H2,1-3H3,(H,26,31). The average Bonchev–Trinajstić information content (AvgIpc) is 2.81. The van der Waals surface area contributed by atoms with Crippen molar-refractivity contribution in [3.63, 3.8) is 0 Å². The largest absolute Gasteiger partial charge is 0.351 e. The maximum Gasteiger partial charge on any atom is 0.322 e. The maximum absolute atomic E-state index is 13.0. The number of anilines is 2. The van der Waals surface area contributed by atoms with Crippen molar-refractivity contribution in [1.29, 1.82) is 0 Å². The van der Waals surface area contributed by atoms with Gasteiger partial charge in [0, 0.05) is 30.9 Å². The Morgan fingerprint density at radius 3 is 2.39 bits per heavy atom. The number of carbonyl (C=O) groups is 1. The molecule has 0 spiro atoms. The van der Waals surface area contributed by atoms with Crippen LogP contribution in [0.25, 0.3) is 11.3 Å². The summed E-state index contributed by atoms with van der Waals surface area (Å²) in [5, 5.41) is 12.0. The van der Waals surface area contributed by atoms with Gasteiger partial charge in [-0.2, -0.15) is 0 Å². The highest BCUT2D eigenvalue weighted by Gasteiger charge is 2.33. The number of piperazine rings is 1. The molecule has 1 aliphatic heterocycles. The van der Waals surface area contributed by atoms with Crippen LogP contribution in [0.2, 0.25) is 0 Å². The van der Waals surface area contributed by atoms with Gasteiger partial charge in [0.25, 0.3) is 0 Å². The van der Waals surface area contributed by atoms with Gasteiger partial charge in [0.1, 0.15) is 0 Å². The Labute approximate surface area is 183 Å². The maximum atomic E-state index is 13.0. The molecular weight excluding hydrogens is 386 g/mol. The lowest BCUT2D eigenvalue weighted by Crippen LogP contribution is -2.58. The van der Waals surface area contributed by atoms with Gasteiger partial charge in [-0.3, -0.25) is 0 Å². The van der Waals surface area contributed by atoms with Crippen LogP contribution in [0.1, 0.15) is 19.4 Å². The van der Waals surface area contributed by atoms with E-state index in [1.807, 2.05) is 78.6 Å². The molecule has 6 nitrogen and oxygen atoms in total. The molecule has 0 aliphatic carbocycles. The Hall–Kier alpha value is -3.41. The zero-order valence-electron chi connectivity index (χ0n) is 18.3. The predicted octanol–water partition coefficient (Wildman–Crippen LogP) is 4.83. The van der Waals surface area contributed by atoms with Gasteiger partial charge in [0.05, 0.1) is 11.7 Å². The lowest BCUT2D eigenvalue weighted by molar-refractivity contribution is 0.156. The number of amides is 2. The Kier molecular flexibility index (Phi) is 6.16. The third-order valence-corrected chi connectivity index (χ3v) is 5.88. The number of nitrogens with zero attached hydrogens (tertiary/aromatic N) is 4. The average molecular weight is 416 g/mol. The Morgan fingerprint density at radius 2 is 1.71 bits per heavy atom. The van der Waals surface area contributed by atoms with Crippen molar-refractivity contribution in [2.24, 2.45) is 5.92 Å². The number of nitrogens with one attached hydrogen (secondary N) is 1. The van der Waals surface area contributed by atoms with E-state index >= 15 is 0 Å². The molecule has 0 saturated carbocycles. The van der Waals surface area contributed by atoms with Crippen LogP contribution >= 0.6 is 0 Å². The van der Waals surface area contributed by atoms with E-state index in [0.29, 0.717) is 12.5 Å². The topological polar surface area (TPSA) is 61.4 Å². The molecule has 160 valence electrons. The van der Waals surface area contributed by atoms with Gasteiger partial charge in [-0.1, -0.05) is 62.4 Å². The normalized spacial score (nSPS) is 16.5. The first kappa shape index (κ1) is 20.8. The third-order valence-electron chi connectivity index (χ3n) is 5.88. The first-order chi connectivity index (χ1) is 15.0. The molecular formula is C25H29N5O. The van der Waals surface area contributed by atoms with Gasteiger partial charge < -0.3 is 15.1 Å². The summed E-state index contributed by atoms with van der Waals surface area (Å²) < 4.78 is 0. The molecule has 2 aromatic carbocycles. The molecule has 0 bridgehead atoms. The van der Waals surface area contributed by atoms with Crippen molar-refractivity contribution in [3.05, 3.63) is 72.3 Å². The van der Waals surface area contributed by atoms with Crippen molar-refractivity contribution in [1.82, 2.24) is 15.1 Å². The van der Waals surface area contributed by atoms with Gasteiger partial charge in [0.2, 0.25) is 0 Å². The Balaban J connectivity index is 1.46. The summed E-state index contributed by atoms with van der Waals surface area (Å²) in [6.07, 6.45) is 0. The van der Waals surface area contributed by atoms with Gasteiger partial charge in [-0.05, 0) is 36.6 Å². The number of hydrogen-bond acceptors (Lipinski definition) is 4. The first-order valence-corrected chi connectivity index (χ1v) is 10.8. The number of hydrogen-bond donors (Lipinski definition) is 1. The molecule has 3 aromatic rings. The van der Waals surface area contributed by atoms with Crippen LogP contribution in [0.4, 0.5) is 16.3 Å². The Bertz CT molecular complexity index is 1020. The van der Waals surface area contributed by atoms with Crippen molar-refractivity contribution in [2.45, 2.75) is 26.8 Å². The summed E-state index contributed by atoms with van der Waals surface area (Å²) in [4.78, 5) is 17.2. The fourth-order valence-electron chi connectivity index (χ4n) is 4.00. The summed E-state index contributed by atoms with van der Waals surface area (Å²) >= 11 is 0. The summed E-state index contributed by atoms with van der Waals surface area (Å²) in [5.74, 6) is 1.17. The number of benzene rings is 2. The second kappa shape index (κ2) is 9.16. The van der Waals surface area contributed by atoms with Crippen molar-refractivity contribution >= 4 is 17.5 Å². The van der Waals surface area contributed by atoms with Crippen LogP contribution in [-0.4, -0.2) is 46.8 Å². The van der Waals surface area contributed by atoms with E-state index in [2.05, 4.69) is 34.3 Å². The molecule has 1 N–H and O–H groups in total. The highest BCUT2D eigenvalue weighted by molar-refractivity contribution is 5.90. The van der Waals surface area contributed by atoms with Gasteiger partial charge in [-0.15, -0.1) is 10.2 Å². The van der Waals surface area contributed by atoms with E-state index in [1.54, 1.807) is 0 Å². The molecule has 1 aromatic heterocycles. The minimum absolute atomic E-state index is 0.0434. The lowest BCUT2D eigenvalue weighted by atomic mass is 9.99. The summed E-state index contributed by atoms with van der Waals surface area (Å²) in [6.45, 7) is 8.43. The monoisotopic (exact) mass is 415 g/mol. The minimum Gasteiger partial charge on any atom is -0.351 e. The molecule has 1 unspecified atom stereocenters. The molecule has 2 amide bonds. The number of aryl methyl sites for hydroxylation is 1. The van der Waals surface area contributed by atoms with Crippen molar-refractivity contribution < 1.29 is 4.79 Å². The number of para-hydroxylation sites is 1. The molecule has 1 fully saturated rings. The van der Waals surface area contributed by atoms with E-state index in [1.165, 1.54) is 0 Å². The molecule has 6 heteroatoms. The van der Waals surface area contributed by atoms with Crippen molar-refractivity contribution in [3.8, 4) is 11.3 Å². The number of carbonyl (C=O) groups excluding carboxylic acids is 1. The smallest absolute Gasteiger partial charge is 0.322 e. The van der Waals surface area contributed by atoms with Crippen LogP contribution in [0.3, 0.4) is 0 Å². The lowest BCUT2D eigenvalue weighted by Gasteiger charge is -2.43. The van der Waals surface area contributed by atoms with E-state index in [4.69, 9.17) is 0 Å². The van der Waals surface area contributed by atoms with E-state index in [-0.39, 0.29) is 12.1 Å². The molecule has 2 heterocycles. The van der Waals surface area contributed by atoms with Crippen LogP contribution in [0.15, 0.2) is 66.7 Å². The molecule has 4 rings (SSSR count). The summed E-state index contributed by atoms with van der Waals surface area (Å²) in [6, 6.07) is 22.0. The molecule has 1 saturated heterocycles. The zero-order valence-corrected chi connectivity index (χ0v) is 18.3. The second-order valence-electron chi connectivity index (χ2n) is 8.34. The number of rotatable bonds is 4. The highest BCUT2D eigenvalue weighted by Crippen LogP contribution is 2.24. The summed E-state index contributed by atoms with van der Waals surface area (Å²) in [7, 11) is 0. The van der Waals surface area contributed by atoms with E-state index < -0.39 is 0 Å². The van der Waals surface area contributed by atoms with Crippen LogP contribution in [-0.2, 0) is 0 Å². The fourth-order valence-corrected chi connectivity index (χ4v) is 4.00. The number of urea groups is 1. The molecule has 1 aliphatic rings. The van der Waals surface area contributed by atoms with Gasteiger partial charge >= 0.3 is 6.03 Å². The molecule has 1 atom stereocenters. The van der Waals surface area contributed by atoms with Gasteiger partial charge in [0.15, 0.2) is 5.82 Å². The van der Waals surface area contributed by atoms with Crippen LogP contribution in [0, 0.1) is 12.8 Å². The molecule has 31 heavy (non-hydrogen) atoms. The first-order valence-electron chi connectivity index (χ1n) is 10.8. The second-order valence-corrected chi connectivity index (χ2v) is 8.34.